The van der Waals surface area contributed by atoms with Gasteiger partial charge in [0.15, 0.2) is 0 Å². The van der Waals surface area contributed by atoms with Gasteiger partial charge >= 0.3 is 6.03 Å². The zero-order valence-corrected chi connectivity index (χ0v) is 7.79. The number of nitrogens with two attached hydrogens (primary N) is 1. The number of hydrogen-bond acceptors (Lipinski definition) is 2. The molecule has 2 rings (SSSR count). The number of rotatable bonds is 0. The highest BCUT2D eigenvalue weighted by molar-refractivity contribution is 5.72. The molecule has 2 heterocycles. The summed E-state index contributed by atoms with van der Waals surface area (Å²) in [6, 6.07) is -0.275. The predicted molar refractivity (Wildman–Crippen MR) is 48.3 cm³/mol. The van der Waals surface area contributed by atoms with Crippen molar-refractivity contribution in [1.29, 1.82) is 0 Å². The quantitative estimate of drug-likeness (QED) is 0.598. The van der Waals surface area contributed by atoms with Gasteiger partial charge in [-0.25, -0.2) is 4.79 Å². The van der Waals surface area contributed by atoms with Gasteiger partial charge in [0.1, 0.15) is 0 Å². The number of likely N-dealkylation sites (tertiary alicyclic amines) is 1. The van der Waals surface area contributed by atoms with E-state index < -0.39 is 0 Å². The maximum absolute atomic E-state index is 10.9. The first kappa shape index (κ1) is 8.81. The Balaban J connectivity index is 1.98. The summed E-state index contributed by atoms with van der Waals surface area (Å²) in [5.74, 6) is 0. The lowest BCUT2D eigenvalue weighted by Gasteiger charge is -2.32. The number of hydrogen-bond donors (Lipinski definition) is 1. The fourth-order valence-corrected chi connectivity index (χ4v) is 2.34. The zero-order chi connectivity index (χ0) is 9.31. The van der Waals surface area contributed by atoms with Crippen LogP contribution in [0, 0.1) is 5.41 Å². The second kappa shape index (κ2) is 3.18. The number of ether oxygens (including phenoxy) is 1. The fourth-order valence-electron chi connectivity index (χ4n) is 2.34. The van der Waals surface area contributed by atoms with Crippen molar-refractivity contribution in [3.05, 3.63) is 0 Å². The molecule has 0 saturated carbocycles. The van der Waals surface area contributed by atoms with E-state index in [9.17, 15) is 4.79 Å². The Morgan fingerprint density at radius 1 is 1.31 bits per heavy atom. The van der Waals surface area contributed by atoms with Crippen LogP contribution in [0.5, 0.6) is 0 Å². The number of carbonyl (C=O) groups is 1. The number of amides is 2. The van der Waals surface area contributed by atoms with Crippen molar-refractivity contribution in [1.82, 2.24) is 4.90 Å². The highest BCUT2D eigenvalue weighted by atomic mass is 16.5. The SMILES string of the molecule is NC(=O)N1CCC2(CCOCC2)C1. The lowest BCUT2D eigenvalue weighted by molar-refractivity contribution is 0.0210. The monoisotopic (exact) mass is 184 g/mol. The maximum Gasteiger partial charge on any atom is 0.314 e. The van der Waals surface area contributed by atoms with Crippen molar-refractivity contribution >= 4 is 6.03 Å². The van der Waals surface area contributed by atoms with Crippen LogP contribution in [-0.4, -0.2) is 37.2 Å². The van der Waals surface area contributed by atoms with Gasteiger partial charge in [-0.1, -0.05) is 0 Å². The standard InChI is InChI=1S/C9H16N2O2/c10-8(12)11-4-1-9(7-11)2-5-13-6-3-9/h1-7H2,(H2,10,12). The minimum Gasteiger partial charge on any atom is -0.381 e. The molecule has 2 amide bonds. The van der Waals surface area contributed by atoms with Crippen molar-refractivity contribution in [2.45, 2.75) is 19.3 Å². The number of urea groups is 1. The summed E-state index contributed by atoms with van der Waals surface area (Å²) in [5.41, 5.74) is 5.57. The van der Waals surface area contributed by atoms with Gasteiger partial charge in [0.05, 0.1) is 0 Å². The van der Waals surface area contributed by atoms with Gasteiger partial charge in [-0.2, -0.15) is 0 Å². The van der Waals surface area contributed by atoms with Crippen molar-refractivity contribution in [2.24, 2.45) is 11.1 Å². The van der Waals surface area contributed by atoms with Crippen LogP contribution in [0.3, 0.4) is 0 Å². The third-order valence-corrected chi connectivity index (χ3v) is 3.30. The van der Waals surface area contributed by atoms with E-state index in [1.807, 2.05) is 0 Å². The molecule has 4 nitrogen and oxygen atoms in total. The molecule has 2 fully saturated rings. The van der Waals surface area contributed by atoms with Gasteiger partial charge in [-0.15, -0.1) is 0 Å². The van der Waals surface area contributed by atoms with E-state index in [0.717, 1.165) is 45.6 Å². The first-order chi connectivity index (χ1) is 6.22. The van der Waals surface area contributed by atoms with E-state index in [0.29, 0.717) is 5.41 Å². The average molecular weight is 184 g/mol. The molecule has 1 spiro atoms. The van der Waals surface area contributed by atoms with Gasteiger partial charge in [0.2, 0.25) is 0 Å². The maximum atomic E-state index is 10.9. The minimum atomic E-state index is -0.275. The predicted octanol–water partition coefficient (Wildman–Crippen LogP) is 0.568. The van der Waals surface area contributed by atoms with Crippen LogP contribution in [0.1, 0.15) is 19.3 Å². The summed E-state index contributed by atoms with van der Waals surface area (Å²) < 4.78 is 5.32. The molecule has 0 aromatic heterocycles. The summed E-state index contributed by atoms with van der Waals surface area (Å²) in [7, 11) is 0. The Labute approximate surface area is 78.0 Å². The molecule has 0 aliphatic carbocycles. The van der Waals surface area contributed by atoms with Crippen molar-refractivity contribution in [3.8, 4) is 0 Å². The third-order valence-electron chi connectivity index (χ3n) is 3.30. The minimum absolute atomic E-state index is 0.275. The lowest BCUT2D eigenvalue weighted by Crippen LogP contribution is -2.38. The van der Waals surface area contributed by atoms with Crippen molar-refractivity contribution in [2.75, 3.05) is 26.3 Å². The molecule has 0 bridgehead atoms. The normalized spacial score (nSPS) is 26.6. The summed E-state index contributed by atoms with van der Waals surface area (Å²) in [6.45, 7) is 3.35. The molecule has 0 aromatic rings. The van der Waals surface area contributed by atoms with E-state index in [-0.39, 0.29) is 6.03 Å². The molecule has 2 aliphatic rings. The molecule has 0 radical (unpaired) electrons. The molecule has 0 aromatic carbocycles. The summed E-state index contributed by atoms with van der Waals surface area (Å²) in [5, 5.41) is 0. The van der Waals surface area contributed by atoms with Crippen molar-refractivity contribution < 1.29 is 9.53 Å². The molecule has 4 heteroatoms. The Morgan fingerprint density at radius 3 is 2.54 bits per heavy atom. The Bertz CT molecular complexity index is 212. The molecule has 2 saturated heterocycles. The number of carbonyl (C=O) groups excluding carboxylic acids is 1. The molecule has 13 heavy (non-hydrogen) atoms. The summed E-state index contributed by atoms with van der Waals surface area (Å²) in [4.78, 5) is 12.7. The smallest absolute Gasteiger partial charge is 0.314 e. The first-order valence-electron chi connectivity index (χ1n) is 4.84. The van der Waals surface area contributed by atoms with Gasteiger partial charge in [-0.05, 0) is 24.7 Å². The highest BCUT2D eigenvalue weighted by Crippen LogP contribution is 2.39. The molecule has 2 aliphatic heterocycles. The number of primary amides is 1. The van der Waals surface area contributed by atoms with E-state index in [2.05, 4.69) is 0 Å². The second-order valence-corrected chi connectivity index (χ2v) is 4.12. The van der Waals surface area contributed by atoms with Crippen LogP contribution < -0.4 is 5.73 Å². The fraction of sp³-hybridized carbons (Fsp3) is 0.889. The van der Waals surface area contributed by atoms with Gasteiger partial charge in [0, 0.05) is 26.3 Å². The lowest BCUT2D eigenvalue weighted by atomic mass is 9.80. The Hall–Kier alpha value is -0.770. The topological polar surface area (TPSA) is 55.6 Å². The molecular formula is C9H16N2O2. The summed E-state index contributed by atoms with van der Waals surface area (Å²) >= 11 is 0. The van der Waals surface area contributed by atoms with Crippen LogP contribution in [0.2, 0.25) is 0 Å². The van der Waals surface area contributed by atoms with Gasteiger partial charge in [-0.3, -0.25) is 0 Å². The summed E-state index contributed by atoms with van der Waals surface area (Å²) in [6.07, 6.45) is 3.26. The second-order valence-electron chi connectivity index (χ2n) is 4.12. The molecule has 2 N–H and O–H groups in total. The van der Waals surface area contributed by atoms with E-state index in [4.69, 9.17) is 10.5 Å². The molecule has 74 valence electrons. The van der Waals surface area contributed by atoms with Crippen LogP contribution in [-0.2, 0) is 4.74 Å². The number of nitrogens with zero attached hydrogens (tertiary/aromatic N) is 1. The van der Waals surface area contributed by atoms with E-state index >= 15 is 0 Å². The van der Waals surface area contributed by atoms with Crippen LogP contribution in [0.25, 0.3) is 0 Å². The third kappa shape index (κ3) is 1.63. The van der Waals surface area contributed by atoms with Crippen LogP contribution in [0.15, 0.2) is 0 Å². The molecular weight excluding hydrogens is 168 g/mol. The Kier molecular flexibility index (Phi) is 2.15. The Morgan fingerprint density at radius 2 is 2.00 bits per heavy atom. The van der Waals surface area contributed by atoms with Crippen molar-refractivity contribution in [3.63, 3.8) is 0 Å². The van der Waals surface area contributed by atoms with Crippen LogP contribution >= 0.6 is 0 Å². The molecule has 0 unspecified atom stereocenters. The van der Waals surface area contributed by atoms with Gasteiger partial charge < -0.3 is 15.4 Å². The van der Waals surface area contributed by atoms with Gasteiger partial charge in [0.25, 0.3) is 0 Å². The first-order valence-corrected chi connectivity index (χ1v) is 4.84. The van der Waals surface area contributed by atoms with Crippen LogP contribution in [0.4, 0.5) is 4.79 Å². The van der Waals surface area contributed by atoms with E-state index in [1.54, 1.807) is 4.90 Å². The average Bonchev–Trinajstić information content (AvgIpc) is 2.51. The zero-order valence-electron chi connectivity index (χ0n) is 7.79. The highest BCUT2D eigenvalue weighted by Gasteiger charge is 2.40. The van der Waals surface area contributed by atoms with E-state index in [1.165, 1.54) is 0 Å². The molecule has 0 atom stereocenters. The largest absolute Gasteiger partial charge is 0.381 e.